The van der Waals surface area contributed by atoms with Crippen LogP contribution in [0.5, 0.6) is 0 Å². The van der Waals surface area contributed by atoms with Gasteiger partial charge in [-0.3, -0.25) is 14.9 Å². The van der Waals surface area contributed by atoms with Gasteiger partial charge >= 0.3 is 6.09 Å². The highest BCUT2D eigenvalue weighted by Crippen LogP contribution is 2.27. The van der Waals surface area contributed by atoms with E-state index in [2.05, 4.69) is 10.6 Å². The van der Waals surface area contributed by atoms with E-state index in [9.17, 15) is 25.0 Å². The third-order valence-corrected chi connectivity index (χ3v) is 4.57. The largest absolute Gasteiger partial charge is 0.450 e. The lowest BCUT2D eigenvalue weighted by molar-refractivity contribution is -0.384. The van der Waals surface area contributed by atoms with Crippen LogP contribution in [-0.2, 0) is 9.53 Å². The molecule has 2 rings (SSSR count). The Bertz CT molecular complexity index is 859. The molecular formula is C18H20ClN5O5. The van der Waals surface area contributed by atoms with Gasteiger partial charge in [-0.05, 0) is 31.9 Å². The van der Waals surface area contributed by atoms with Crippen molar-refractivity contribution in [1.29, 1.82) is 5.26 Å². The van der Waals surface area contributed by atoms with Gasteiger partial charge in [0.15, 0.2) is 0 Å². The highest BCUT2D eigenvalue weighted by atomic mass is 35.5. The highest BCUT2D eigenvalue weighted by Gasteiger charge is 2.23. The maximum Gasteiger partial charge on any atom is 0.409 e. The average Bonchev–Trinajstić information content (AvgIpc) is 2.70. The number of piperidine rings is 1. The first-order valence-corrected chi connectivity index (χ1v) is 9.26. The zero-order chi connectivity index (χ0) is 21.4. The summed E-state index contributed by atoms with van der Waals surface area (Å²) in [5, 5.41) is 25.6. The molecule has 2 N–H and O–H groups in total. The van der Waals surface area contributed by atoms with Crippen LogP contribution in [0.2, 0.25) is 5.02 Å². The first-order chi connectivity index (χ1) is 13.8. The van der Waals surface area contributed by atoms with Crippen LogP contribution in [0.25, 0.3) is 0 Å². The third-order valence-electron chi connectivity index (χ3n) is 4.25. The second-order valence-corrected chi connectivity index (χ2v) is 6.58. The quantitative estimate of drug-likeness (QED) is 0.311. The average molecular weight is 422 g/mol. The number of likely N-dealkylation sites (tertiary alicyclic amines) is 1. The highest BCUT2D eigenvalue weighted by molar-refractivity contribution is 6.32. The lowest BCUT2D eigenvalue weighted by Crippen LogP contribution is -2.44. The number of nitro groups is 1. The van der Waals surface area contributed by atoms with Crippen LogP contribution in [0.15, 0.2) is 30.0 Å². The Morgan fingerprint density at radius 3 is 2.72 bits per heavy atom. The molecule has 1 fully saturated rings. The van der Waals surface area contributed by atoms with Crippen molar-refractivity contribution in [1.82, 2.24) is 10.2 Å². The fourth-order valence-electron chi connectivity index (χ4n) is 2.72. The fraction of sp³-hybridized carbons (Fsp3) is 0.389. The second kappa shape index (κ2) is 10.3. The van der Waals surface area contributed by atoms with Crippen molar-refractivity contribution in [3.05, 3.63) is 45.1 Å². The van der Waals surface area contributed by atoms with Gasteiger partial charge in [0.05, 0.1) is 11.5 Å². The van der Waals surface area contributed by atoms with E-state index in [1.165, 1.54) is 18.3 Å². The Morgan fingerprint density at radius 1 is 1.45 bits per heavy atom. The van der Waals surface area contributed by atoms with Crippen LogP contribution in [-0.4, -0.2) is 47.6 Å². The number of carbonyl (C=O) groups excluding carboxylic acids is 2. The number of nitro benzene ring substituents is 1. The molecule has 11 heteroatoms. The Kier molecular flexibility index (Phi) is 7.79. The number of hydrogen-bond donors (Lipinski definition) is 2. The number of ether oxygens (including phenoxy) is 1. The van der Waals surface area contributed by atoms with E-state index < -0.39 is 10.8 Å². The molecule has 1 aromatic carbocycles. The number of nitrogens with zero attached hydrogens (tertiary/aromatic N) is 3. The number of nitrogens with one attached hydrogen (secondary N) is 2. The number of hydrogen-bond acceptors (Lipinski definition) is 7. The number of amides is 2. The maximum atomic E-state index is 12.3. The summed E-state index contributed by atoms with van der Waals surface area (Å²) in [6.07, 6.45) is 2.23. The van der Waals surface area contributed by atoms with Crippen LogP contribution in [0, 0.1) is 21.4 Å². The van der Waals surface area contributed by atoms with Gasteiger partial charge in [-0.2, -0.15) is 5.26 Å². The summed E-state index contributed by atoms with van der Waals surface area (Å²) in [5.74, 6) is -0.708. The molecule has 0 bridgehead atoms. The van der Waals surface area contributed by atoms with Crippen molar-refractivity contribution in [2.24, 2.45) is 0 Å². The number of benzene rings is 1. The smallest absolute Gasteiger partial charge is 0.409 e. The van der Waals surface area contributed by atoms with E-state index in [1.807, 2.05) is 0 Å². The molecular weight excluding hydrogens is 402 g/mol. The van der Waals surface area contributed by atoms with Crippen LogP contribution in [0.3, 0.4) is 0 Å². The molecule has 1 saturated heterocycles. The SMILES string of the molecule is CCOC(=O)N1CCC(N/C=C(/C#N)C(=O)Nc2ccc(Cl)c([N+](=O)[O-])c2)CC1. The minimum atomic E-state index is -0.708. The molecule has 1 heterocycles. The molecule has 0 unspecified atom stereocenters. The van der Waals surface area contributed by atoms with Crippen LogP contribution in [0.1, 0.15) is 19.8 Å². The Balaban J connectivity index is 1.94. The van der Waals surface area contributed by atoms with Gasteiger partial charge in [0.1, 0.15) is 16.7 Å². The zero-order valence-electron chi connectivity index (χ0n) is 15.7. The molecule has 154 valence electrons. The first-order valence-electron chi connectivity index (χ1n) is 8.89. The standard InChI is InChI=1S/C18H20ClN5O5/c1-2-29-18(26)23-7-5-13(6-8-23)21-11-12(10-20)17(25)22-14-3-4-15(19)16(9-14)24(27)28/h3-4,9,11,13,21H,2,5-8H2,1H3,(H,22,25)/b12-11-. The van der Waals surface area contributed by atoms with Gasteiger partial charge in [0, 0.05) is 37.1 Å². The number of nitriles is 1. The summed E-state index contributed by atoms with van der Waals surface area (Å²) in [6.45, 7) is 3.07. The minimum absolute atomic E-state index is 0.00607. The normalized spacial score (nSPS) is 14.7. The monoisotopic (exact) mass is 421 g/mol. The summed E-state index contributed by atoms with van der Waals surface area (Å²) >= 11 is 5.74. The van der Waals surface area contributed by atoms with Crippen LogP contribution in [0.4, 0.5) is 16.2 Å². The van der Waals surface area contributed by atoms with E-state index in [1.54, 1.807) is 17.9 Å². The van der Waals surface area contributed by atoms with Crippen molar-refractivity contribution in [3.63, 3.8) is 0 Å². The van der Waals surface area contributed by atoms with Crippen molar-refractivity contribution in [3.8, 4) is 6.07 Å². The van der Waals surface area contributed by atoms with Gasteiger partial charge in [0.25, 0.3) is 11.6 Å². The summed E-state index contributed by atoms with van der Waals surface area (Å²) < 4.78 is 4.96. The predicted octanol–water partition coefficient (Wildman–Crippen LogP) is 2.80. The van der Waals surface area contributed by atoms with Crippen molar-refractivity contribution >= 4 is 35.0 Å². The van der Waals surface area contributed by atoms with Gasteiger partial charge in [-0.15, -0.1) is 0 Å². The van der Waals surface area contributed by atoms with Crippen LogP contribution >= 0.6 is 11.6 Å². The molecule has 0 saturated carbocycles. The van der Waals surface area contributed by atoms with Gasteiger partial charge in [-0.1, -0.05) is 11.6 Å². The minimum Gasteiger partial charge on any atom is -0.450 e. The van der Waals surface area contributed by atoms with Gasteiger partial charge < -0.3 is 20.3 Å². The van der Waals surface area contributed by atoms with Crippen molar-refractivity contribution < 1.29 is 19.2 Å². The Labute approximate surface area is 172 Å². The number of rotatable bonds is 6. The summed E-state index contributed by atoms with van der Waals surface area (Å²) in [7, 11) is 0. The first kappa shape index (κ1) is 22.0. The predicted molar refractivity (Wildman–Crippen MR) is 105 cm³/mol. The van der Waals surface area contributed by atoms with Crippen molar-refractivity contribution in [2.75, 3.05) is 25.0 Å². The number of carbonyl (C=O) groups is 2. The second-order valence-electron chi connectivity index (χ2n) is 6.17. The summed E-state index contributed by atoms with van der Waals surface area (Å²) in [5.41, 5.74) is -0.385. The maximum absolute atomic E-state index is 12.3. The Morgan fingerprint density at radius 2 is 2.14 bits per heavy atom. The summed E-state index contributed by atoms with van der Waals surface area (Å²) in [6, 6.07) is 5.60. The van der Waals surface area contributed by atoms with Gasteiger partial charge in [-0.25, -0.2) is 4.79 Å². The number of anilines is 1. The molecule has 0 spiro atoms. The van der Waals surface area contributed by atoms with E-state index in [4.69, 9.17) is 16.3 Å². The molecule has 0 aromatic heterocycles. The molecule has 2 amide bonds. The molecule has 0 aliphatic carbocycles. The molecule has 1 aliphatic rings. The topological polar surface area (TPSA) is 138 Å². The third kappa shape index (κ3) is 6.08. The van der Waals surface area contributed by atoms with E-state index in [0.29, 0.717) is 32.5 Å². The molecule has 1 aliphatic heterocycles. The summed E-state index contributed by atoms with van der Waals surface area (Å²) in [4.78, 5) is 35.8. The van der Waals surface area contributed by atoms with E-state index in [-0.39, 0.29) is 34.1 Å². The lowest BCUT2D eigenvalue weighted by atomic mass is 10.1. The molecule has 10 nitrogen and oxygen atoms in total. The molecule has 29 heavy (non-hydrogen) atoms. The van der Waals surface area contributed by atoms with Crippen LogP contribution < -0.4 is 10.6 Å². The molecule has 0 atom stereocenters. The fourth-order valence-corrected chi connectivity index (χ4v) is 2.91. The lowest BCUT2D eigenvalue weighted by Gasteiger charge is -2.31. The number of halogens is 1. The molecule has 0 radical (unpaired) electrons. The zero-order valence-corrected chi connectivity index (χ0v) is 16.4. The van der Waals surface area contributed by atoms with Gasteiger partial charge in [0.2, 0.25) is 0 Å². The van der Waals surface area contributed by atoms with E-state index in [0.717, 1.165) is 6.07 Å². The Hall–Kier alpha value is -3.32. The van der Waals surface area contributed by atoms with Crippen molar-refractivity contribution in [2.45, 2.75) is 25.8 Å². The molecule has 1 aromatic rings. The van der Waals surface area contributed by atoms with E-state index >= 15 is 0 Å².